The van der Waals surface area contributed by atoms with Crippen molar-refractivity contribution in [1.82, 2.24) is 10.6 Å². The van der Waals surface area contributed by atoms with Crippen molar-refractivity contribution in [3.63, 3.8) is 0 Å². The van der Waals surface area contributed by atoms with E-state index >= 15 is 0 Å². The van der Waals surface area contributed by atoms with Crippen molar-refractivity contribution in [2.75, 3.05) is 7.11 Å². The van der Waals surface area contributed by atoms with Crippen LogP contribution in [0.15, 0.2) is 21.1 Å². The van der Waals surface area contributed by atoms with Crippen LogP contribution in [0.1, 0.15) is 33.3 Å². The minimum absolute atomic E-state index is 0.0180. The summed E-state index contributed by atoms with van der Waals surface area (Å²) < 4.78 is 7.23. The first-order valence-electron chi connectivity index (χ1n) is 6.71. The summed E-state index contributed by atoms with van der Waals surface area (Å²) in [5, 5.41) is 6.17. The first kappa shape index (κ1) is 18.5. The monoisotopic (exact) mass is 420 g/mol. The minimum atomic E-state index is -0.285. The molecule has 0 aliphatic rings. The number of benzene rings is 1. The van der Waals surface area contributed by atoms with Crippen LogP contribution in [0, 0.1) is 0 Å². The molecule has 0 bridgehead atoms. The van der Waals surface area contributed by atoms with Crippen LogP contribution in [0.2, 0.25) is 0 Å². The Kier molecular flexibility index (Phi) is 6.69. The lowest BCUT2D eigenvalue weighted by Crippen LogP contribution is -2.49. The molecule has 1 amide bonds. The molecule has 1 rings (SSSR count). The average molecular weight is 422 g/mol. The SMILES string of the molecule is COc1c(Br)cc(Br)cc1CNC(C)C(=O)NC(C)(C)C. The van der Waals surface area contributed by atoms with Crippen molar-refractivity contribution in [1.29, 1.82) is 0 Å². The first-order chi connectivity index (χ1) is 9.64. The van der Waals surface area contributed by atoms with Crippen molar-refractivity contribution in [2.45, 2.75) is 45.8 Å². The van der Waals surface area contributed by atoms with Gasteiger partial charge in [0.05, 0.1) is 17.6 Å². The molecule has 2 N–H and O–H groups in total. The fourth-order valence-electron chi connectivity index (χ4n) is 1.81. The fraction of sp³-hybridized carbons (Fsp3) is 0.533. The van der Waals surface area contributed by atoms with E-state index in [9.17, 15) is 4.79 Å². The van der Waals surface area contributed by atoms with Crippen LogP contribution in [0.4, 0.5) is 0 Å². The summed E-state index contributed by atoms with van der Waals surface area (Å²) in [4.78, 5) is 12.0. The molecule has 1 atom stereocenters. The van der Waals surface area contributed by atoms with Gasteiger partial charge in [0.15, 0.2) is 0 Å². The van der Waals surface area contributed by atoms with E-state index in [1.165, 1.54) is 0 Å². The normalized spacial score (nSPS) is 12.9. The molecular formula is C15H22Br2N2O2. The van der Waals surface area contributed by atoms with E-state index in [0.717, 1.165) is 20.3 Å². The second kappa shape index (κ2) is 7.61. The largest absolute Gasteiger partial charge is 0.495 e. The number of halogens is 2. The lowest BCUT2D eigenvalue weighted by atomic mass is 10.1. The van der Waals surface area contributed by atoms with Crippen molar-refractivity contribution >= 4 is 37.8 Å². The number of amides is 1. The Morgan fingerprint density at radius 2 is 1.95 bits per heavy atom. The van der Waals surface area contributed by atoms with Gasteiger partial charge < -0.3 is 15.4 Å². The van der Waals surface area contributed by atoms with Gasteiger partial charge in [-0.3, -0.25) is 4.79 Å². The third kappa shape index (κ3) is 5.96. The zero-order chi connectivity index (χ0) is 16.2. The standard InChI is InChI=1S/C15H22Br2N2O2/c1-9(14(20)19-15(2,3)4)18-8-10-6-11(16)7-12(17)13(10)21-5/h6-7,9,18H,8H2,1-5H3,(H,19,20). The molecule has 0 radical (unpaired) electrons. The molecule has 1 aromatic carbocycles. The number of rotatable bonds is 5. The van der Waals surface area contributed by atoms with Crippen LogP contribution in [0.25, 0.3) is 0 Å². The van der Waals surface area contributed by atoms with Crippen molar-refractivity contribution in [2.24, 2.45) is 0 Å². The minimum Gasteiger partial charge on any atom is -0.495 e. The Hall–Kier alpha value is -0.590. The topological polar surface area (TPSA) is 50.4 Å². The molecule has 1 unspecified atom stereocenters. The lowest BCUT2D eigenvalue weighted by Gasteiger charge is -2.24. The fourth-order valence-corrected chi connectivity index (χ4v) is 3.28. The van der Waals surface area contributed by atoms with Crippen molar-refractivity contribution < 1.29 is 9.53 Å². The van der Waals surface area contributed by atoms with Crippen LogP contribution in [-0.4, -0.2) is 24.6 Å². The summed E-state index contributed by atoms with van der Waals surface area (Å²) >= 11 is 6.93. The van der Waals surface area contributed by atoms with E-state index in [4.69, 9.17) is 4.74 Å². The second-order valence-electron chi connectivity index (χ2n) is 5.92. The number of carbonyl (C=O) groups excluding carboxylic acids is 1. The predicted octanol–water partition coefficient (Wildman–Crippen LogP) is 3.61. The number of ether oxygens (including phenoxy) is 1. The molecule has 0 saturated carbocycles. The summed E-state index contributed by atoms with van der Waals surface area (Å²) in [5.41, 5.74) is 0.748. The number of hydrogen-bond acceptors (Lipinski definition) is 3. The summed E-state index contributed by atoms with van der Waals surface area (Å²) in [6, 6.07) is 3.62. The summed E-state index contributed by atoms with van der Waals surface area (Å²) in [7, 11) is 1.63. The highest BCUT2D eigenvalue weighted by atomic mass is 79.9. The van der Waals surface area contributed by atoms with Gasteiger partial charge in [0.2, 0.25) is 5.91 Å². The van der Waals surface area contributed by atoms with Crippen molar-refractivity contribution in [3.05, 3.63) is 26.6 Å². The molecule has 21 heavy (non-hydrogen) atoms. The molecule has 6 heteroatoms. The van der Waals surface area contributed by atoms with Crippen LogP contribution in [-0.2, 0) is 11.3 Å². The first-order valence-corrected chi connectivity index (χ1v) is 8.30. The van der Waals surface area contributed by atoms with Crippen molar-refractivity contribution in [3.8, 4) is 5.75 Å². The van der Waals surface area contributed by atoms with Crippen LogP contribution in [0.5, 0.6) is 5.75 Å². The third-order valence-corrected chi connectivity index (χ3v) is 3.83. The maximum absolute atomic E-state index is 12.0. The highest BCUT2D eigenvalue weighted by Crippen LogP contribution is 2.32. The number of hydrogen-bond donors (Lipinski definition) is 2. The summed E-state index contributed by atoms with van der Waals surface area (Å²) in [5.74, 6) is 0.754. The van der Waals surface area contributed by atoms with Gasteiger partial charge in [-0.2, -0.15) is 0 Å². The van der Waals surface area contributed by atoms with E-state index < -0.39 is 0 Å². The van der Waals surface area contributed by atoms with E-state index in [0.29, 0.717) is 6.54 Å². The molecular weight excluding hydrogens is 400 g/mol. The van der Waals surface area contributed by atoms with Gasteiger partial charge in [-0.25, -0.2) is 0 Å². The molecule has 0 saturated heterocycles. The van der Waals surface area contributed by atoms with E-state index in [2.05, 4.69) is 42.5 Å². The van der Waals surface area contributed by atoms with E-state index in [-0.39, 0.29) is 17.5 Å². The lowest BCUT2D eigenvalue weighted by molar-refractivity contribution is -0.124. The molecule has 4 nitrogen and oxygen atoms in total. The molecule has 0 aromatic heterocycles. The Morgan fingerprint density at radius 3 is 2.48 bits per heavy atom. The van der Waals surface area contributed by atoms with Gasteiger partial charge in [0.1, 0.15) is 5.75 Å². The van der Waals surface area contributed by atoms with Gasteiger partial charge in [0, 0.05) is 22.1 Å². The van der Waals surface area contributed by atoms with Crippen LogP contribution < -0.4 is 15.4 Å². The Morgan fingerprint density at radius 1 is 1.33 bits per heavy atom. The van der Waals surface area contributed by atoms with E-state index in [1.54, 1.807) is 7.11 Å². The average Bonchev–Trinajstić information content (AvgIpc) is 2.33. The Labute approximate surface area is 143 Å². The smallest absolute Gasteiger partial charge is 0.237 e. The second-order valence-corrected chi connectivity index (χ2v) is 7.69. The molecule has 0 spiro atoms. The van der Waals surface area contributed by atoms with Crippen LogP contribution in [0.3, 0.4) is 0 Å². The van der Waals surface area contributed by atoms with Gasteiger partial charge in [-0.15, -0.1) is 0 Å². The number of nitrogens with one attached hydrogen (secondary N) is 2. The molecule has 0 heterocycles. The molecule has 1 aromatic rings. The number of carbonyl (C=O) groups is 1. The zero-order valence-electron chi connectivity index (χ0n) is 13.0. The number of methoxy groups -OCH3 is 1. The molecule has 118 valence electrons. The third-order valence-electron chi connectivity index (χ3n) is 2.78. The zero-order valence-corrected chi connectivity index (χ0v) is 16.2. The molecule has 0 aliphatic carbocycles. The quantitative estimate of drug-likeness (QED) is 0.763. The summed E-state index contributed by atoms with van der Waals surface area (Å²) in [6.45, 7) is 8.28. The highest BCUT2D eigenvalue weighted by molar-refractivity contribution is 9.11. The predicted molar refractivity (Wildman–Crippen MR) is 92.6 cm³/mol. The van der Waals surface area contributed by atoms with Crippen LogP contribution >= 0.6 is 31.9 Å². The highest BCUT2D eigenvalue weighted by Gasteiger charge is 2.19. The Balaban J connectivity index is 2.73. The van der Waals surface area contributed by atoms with Gasteiger partial charge in [-0.1, -0.05) is 15.9 Å². The van der Waals surface area contributed by atoms with Gasteiger partial charge in [0.25, 0.3) is 0 Å². The van der Waals surface area contributed by atoms with E-state index in [1.807, 2.05) is 39.8 Å². The Bertz CT molecular complexity index is 513. The molecule has 0 fully saturated rings. The van der Waals surface area contributed by atoms with Gasteiger partial charge >= 0.3 is 0 Å². The summed E-state index contributed by atoms with van der Waals surface area (Å²) in [6.07, 6.45) is 0. The maximum atomic E-state index is 12.0. The molecule has 0 aliphatic heterocycles. The van der Waals surface area contributed by atoms with Gasteiger partial charge in [-0.05, 0) is 55.8 Å². The maximum Gasteiger partial charge on any atom is 0.237 e.